The molecule has 4 nitrogen and oxygen atoms in total. The van der Waals surface area contributed by atoms with Gasteiger partial charge in [-0.2, -0.15) is 0 Å². The van der Waals surface area contributed by atoms with E-state index in [1.807, 2.05) is 24.3 Å². The minimum atomic E-state index is 0.0793. The Morgan fingerprint density at radius 1 is 1.30 bits per heavy atom. The normalized spacial score (nSPS) is 19.6. The highest BCUT2D eigenvalue weighted by Gasteiger charge is 2.21. The molecule has 2 aliphatic rings. The first-order chi connectivity index (χ1) is 11.3. The molecule has 1 atom stereocenters. The van der Waals surface area contributed by atoms with E-state index in [4.69, 9.17) is 4.98 Å². The van der Waals surface area contributed by atoms with E-state index in [1.54, 1.807) is 11.8 Å². The lowest BCUT2D eigenvalue weighted by atomic mass is 9.93. The Hall–Kier alpha value is -2.01. The van der Waals surface area contributed by atoms with E-state index in [-0.39, 0.29) is 11.8 Å². The van der Waals surface area contributed by atoms with Gasteiger partial charge in [0.15, 0.2) is 5.16 Å². The van der Waals surface area contributed by atoms with E-state index in [1.165, 1.54) is 0 Å². The molecule has 1 amide bonds. The molecule has 1 aromatic heterocycles. The van der Waals surface area contributed by atoms with Crippen LogP contribution in [-0.4, -0.2) is 21.2 Å². The van der Waals surface area contributed by atoms with Crippen molar-refractivity contribution in [3.8, 4) is 11.3 Å². The lowest BCUT2D eigenvalue weighted by molar-refractivity contribution is -0.120. The molecule has 1 aliphatic heterocycles. The molecule has 0 bridgehead atoms. The van der Waals surface area contributed by atoms with Crippen molar-refractivity contribution in [2.45, 2.75) is 31.0 Å². The molecule has 23 heavy (non-hydrogen) atoms. The van der Waals surface area contributed by atoms with Crippen LogP contribution in [0.3, 0.4) is 0 Å². The number of hydrogen-bond acceptors (Lipinski definition) is 3. The summed E-state index contributed by atoms with van der Waals surface area (Å²) >= 11 is 1.78. The maximum atomic E-state index is 12.5. The number of nitrogens with one attached hydrogen (secondary N) is 1. The molecule has 0 spiro atoms. The molecule has 0 fully saturated rings. The van der Waals surface area contributed by atoms with Gasteiger partial charge in [0.05, 0.1) is 11.4 Å². The summed E-state index contributed by atoms with van der Waals surface area (Å²) in [4.78, 5) is 17.2. The monoisotopic (exact) mass is 325 g/mol. The Bertz CT molecular complexity index is 744. The summed E-state index contributed by atoms with van der Waals surface area (Å²) in [5.41, 5.74) is 2.79. The van der Waals surface area contributed by atoms with Crippen LogP contribution in [0.2, 0.25) is 0 Å². The number of allylic oxidation sites excluding steroid dienone is 2. The molecule has 1 aliphatic carbocycles. The van der Waals surface area contributed by atoms with Crippen LogP contribution in [0.1, 0.15) is 19.3 Å². The first-order valence-corrected chi connectivity index (χ1v) is 9.05. The van der Waals surface area contributed by atoms with Crippen molar-refractivity contribution in [3.63, 3.8) is 0 Å². The van der Waals surface area contributed by atoms with Crippen molar-refractivity contribution in [1.29, 1.82) is 0 Å². The van der Waals surface area contributed by atoms with Gasteiger partial charge in [-0.05, 0) is 25.3 Å². The highest BCUT2D eigenvalue weighted by atomic mass is 32.2. The summed E-state index contributed by atoms with van der Waals surface area (Å²) in [7, 11) is 0. The zero-order valence-electron chi connectivity index (χ0n) is 12.9. The van der Waals surface area contributed by atoms with Crippen LogP contribution in [0.5, 0.6) is 0 Å². The topological polar surface area (TPSA) is 46.9 Å². The van der Waals surface area contributed by atoms with Crippen LogP contribution < -0.4 is 5.32 Å². The van der Waals surface area contributed by atoms with Crippen LogP contribution in [0, 0.1) is 5.92 Å². The number of carbonyl (C=O) groups is 1. The summed E-state index contributed by atoms with van der Waals surface area (Å²) in [6.45, 7) is 1.01. The number of thioether (sulfide) groups is 1. The molecule has 0 radical (unpaired) electrons. The van der Waals surface area contributed by atoms with Gasteiger partial charge >= 0.3 is 0 Å². The second-order valence-electron chi connectivity index (χ2n) is 5.97. The van der Waals surface area contributed by atoms with Gasteiger partial charge < -0.3 is 9.88 Å². The van der Waals surface area contributed by atoms with Gasteiger partial charge in [-0.25, -0.2) is 4.98 Å². The van der Waals surface area contributed by atoms with Crippen LogP contribution in [0.15, 0.2) is 47.8 Å². The number of nitrogens with zero attached hydrogens (tertiary/aromatic N) is 2. The zero-order valence-corrected chi connectivity index (χ0v) is 13.7. The molecule has 1 unspecified atom stereocenters. The minimum Gasteiger partial charge on any atom is -0.325 e. The van der Waals surface area contributed by atoms with Gasteiger partial charge in [-0.1, -0.05) is 42.1 Å². The Morgan fingerprint density at radius 2 is 2.22 bits per heavy atom. The third-order valence-electron chi connectivity index (χ3n) is 4.40. The quantitative estimate of drug-likeness (QED) is 0.869. The first kappa shape index (κ1) is 14.6. The predicted octanol–water partition coefficient (Wildman–Crippen LogP) is 3.95. The fraction of sp³-hybridized carbons (Fsp3) is 0.333. The molecule has 118 valence electrons. The molecular formula is C18H19N3OS. The van der Waals surface area contributed by atoms with Crippen LogP contribution in [-0.2, 0) is 11.3 Å². The Balaban J connectivity index is 1.59. The molecule has 5 heteroatoms. The molecule has 1 N–H and O–H groups in total. The van der Waals surface area contributed by atoms with E-state index >= 15 is 0 Å². The van der Waals surface area contributed by atoms with Crippen molar-refractivity contribution >= 4 is 23.4 Å². The Labute approximate surface area is 140 Å². The number of aromatic nitrogens is 2. The number of carbonyl (C=O) groups excluding carboxylic acids is 1. The first-order valence-electron chi connectivity index (χ1n) is 8.06. The third kappa shape index (κ3) is 2.93. The lowest BCUT2D eigenvalue weighted by Crippen LogP contribution is -2.23. The Morgan fingerprint density at radius 3 is 3.04 bits per heavy atom. The van der Waals surface area contributed by atoms with Crippen molar-refractivity contribution in [1.82, 2.24) is 9.55 Å². The van der Waals surface area contributed by atoms with Gasteiger partial charge in [0.1, 0.15) is 0 Å². The van der Waals surface area contributed by atoms with Crippen molar-refractivity contribution in [2.75, 3.05) is 11.1 Å². The average Bonchev–Trinajstić information content (AvgIpc) is 3.18. The number of anilines is 1. The number of rotatable bonds is 3. The third-order valence-corrected chi connectivity index (χ3v) is 5.37. The summed E-state index contributed by atoms with van der Waals surface area (Å²) in [5, 5.41) is 4.18. The number of amides is 1. The number of hydrogen-bond donors (Lipinski definition) is 1. The van der Waals surface area contributed by atoms with Crippen molar-refractivity contribution in [2.24, 2.45) is 5.92 Å². The maximum Gasteiger partial charge on any atom is 0.227 e. The van der Waals surface area contributed by atoms with Crippen molar-refractivity contribution < 1.29 is 4.79 Å². The molecule has 4 rings (SSSR count). The van der Waals surface area contributed by atoms with E-state index in [2.05, 4.69) is 28.2 Å². The Kier molecular flexibility index (Phi) is 3.95. The maximum absolute atomic E-state index is 12.5. The average molecular weight is 325 g/mol. The van der Waals surface area contributed by atoms with Crippen molar-refractivity contribution in [3.05, 3.63) is 42.6 Å². The fourth-order valence-corrected chi connectivity index (χ4v) is 4.06. The summed E-state index contributed by atoms with van der Waals surface area (Å²) < 4.78 is 2.19. The number of imidazole rings is 1. The molecule has 0 saturated carbocycles. The SMILES string of the molecule is O=C(Nc1ccccc1-c1cn2c(n1)SCC2)C1CC=CCC1. The van der Waals surface area contributed by atoms with Crippen LogP contribution in [0.25, 0.3) is 11.3 Å². The van der Waals surface area contributed by atoms with Crippen LogP contribution >= 0.6 is 11.8 Å². The van der Waals surface area contributed by atoms with Gasteiger partial charge in [0, 0.05) is 30.0 Å². The molecule has 0 saturated heterocycles. The summed E-state index contributed by atoms with van der Waals surface area (Å²) in [5.74, 6) is 1.29. The molecular weight excluding hydrogens is 306 g/mol. The number of benzene rings is 1. The molecule has 2 aromatic rings. The van der Waals surface area contributed by atoms with Gasteiger partial charge in [0.25, 0.3) is 0 Å². The molecule has 1 aromatic carbocycles. The van der Waals surface area contributed by atoms with E-state index in [0.717, 1.165) is 53.7 Å². The zero-order chi connectivity index (χ0) is 15.6. The van der Waals surface area contributed by atoms with Gasteiger partial charge in [-0.15, -0.1) is 0 Å². The minimum absolute atomic E-state index is 0.0793. The number of para-hydroxylation sites is 1. The summed E-state index contributed by atoms with van der Waals surface area (Å²) in [6, 6.07) is 7.94. The second-order valence-corrected chi connectivity index (χ2v) is 7.03. The largest absolute Gasteiger partial charge is 0.325 e. The smallest absolute Gasteiger partial charge is 0.227 e. The second kappa shape index (κ2) is 6.24. The van der Waals surface area contributed by atoms with E-state index in [9.17, 15) is 4.79 Å². The standard InChI is InChI=1S/C18H19N3OS/c22-17(13-6-2-1-3-7-13)19-15-9-5-4-8-14(15)16-12-21-10-11-23-18(21)20-16/h1-2,4-5,8-9,12-13H,3,6-7,10-11H2,(H,19,22). The van der Waals surface area contributed by atoms with Gasteiger partial charge in [0.2, 0.25) is 5.91 Å². The van der Waals surface area contributed by atoms with Gasteiger partial charge in [-0.3, -0.25) is 4.79 Å². The molecule has 2 heterocycles. The highest BCUT2D eigenvalue weighted by molar-refractivity contribution is 7.99. The van der Waals surface area contributed by atoms with E-state index in [0.29, 0.717) is 0 Å². The predicted molar refractivity (Wildman–Crippen MR) is 93.5 cm³/mol. The summed E-state index contributed by atoms with van der Waals surface area (Å²) in [6.07, 6.45) is 9.11. The number of fused-ring (bicyclic) bond motifs is 1. The fourth-order valence-electron chi connectivity index (χ4n) is 3.12. The lowest BCUT2D eigenvalue weighted by Gasteiger charge is -2.18. The number of aryl methyl sites for hydroxylation is 1. The highest BCUT2D eigenvalue weighted by Crippen LogP contribution is 2.33. The van der Waals surface area contributed by atoms with E-state index < -0.39 is 0 Å². The van der Waals surface area contributed by atoms with Crippen LogP contribution in [0.4, 0.5) is 5.69 Å².